The second-order valence-electron chi connectivity index (χ2n) is 7.02. The fourth-order valence-electron chi connectivity index (χ4n) is 3.28. The van der Waals surface area contributed by atoms with Gasteiger partial charge in [0, 0.05) is 5.56 Å². The number of benzene rings is 2. The van der Waals surface area contributed by atoms with E-state index in [4.69, 9.17) is 4.74 Å². The molecule has 4 rings (SSSR count). The van der Waals surface area contributed by atoms with Crippen molar-refractivity contribution in [1.29, 1.82) is 0 Å². The van der Waals surface area contributed by atoms with Crippen LogP contribution in [0.1, 0.15) is 42.5 Å². The number of aromatic nitrogens is 2. The zero-order chi connectivity index (χ0) is 19.7. The summed E-state index contributed by atoms with van der Waals surface area (Å²) in [5, 5.41) is 5.82. The zero-order valence-corrected chi connectivity index (χ0v) is 15.8. The highest BCUT2D eigenvalue weighted by Crippen LogP contribution is 2.29. The molecule has 7 heteroatoms. The Labute approximate surface area is 162 Å². The molecule has 1 aliphatic heterocycles. The molecule has 0 bridgehead atoms. The summed E-state index contributed by atoms with van der Waals surface area (Å²) in [5.74, 6) is 1.02. The molecular weight excluding hydrogens is 356 g/mol. The molecule has 2 atom stereocenters. The highest BCUT2D eigenvalue weighted by atomic mass is 16.5. The number of carbonyl (C=O) groups excluding carboxylic acids is 2. The molecule has 2 heterocycles. The molecule has 0 saturated heterocycles. The summed E-state index contributed by atoms with van der Waals surface area (Å²) in [5.41, 5.74) is 2.77. The Morgan fingerprint density at radius 1 is 1.29 bits per heavy atom. The van der Waals surface area contributed by atoms with Crippen molar-refractivity contribution in [3.05, 3.63) is 53.9 Å². The maximum absolute atomic E-state index is 12.9. The van der Waals surface area contributed by atoms with E-state index < -0.39 is 0 Å². The number of aromatic amines is 1. The average molecular weight is 378 g/mol. The van der Waals surface area contributed by atoms with E-state index in [0.29, 0.717) is 17.0 Å². The van der Waals surface area contributed by atoms with Gasteiger partial charge in [0.2, 0.25) is 0 Å². The standard InChI is InChI=1S/C21H22N4O3/c1-3-12(2)19(20-23-14-6-4-5-7-15(14)24-20)25-21(27)13-8-9-17-16(10-13)22-18(26)11-28-17/h4-10,12,19H,3,11H2,1-2H3,(H,22,26)(H,23,24)(H,25,27)/t12-,19+/m0/s1. The molecule has 2 amide bonds. The molecule has 2 aromatic carbocycles. The van der Waals surface area contributed by atoms with Crippen LogP contribution >= 0.6 is 0 Å². The quantitative estimate of drug-likeness (QED) is 0.634. The van der Waals surface area contributed by atoms with Gasteiger partial charge in [-0.2, -0.15) is 0 Å². The minimum atomic E-state index is -0.258. The van der Waals surface area contributed by atoms with Gasteiger partial charge in [-0.05, 0) is 36.2 Å². The number of carbonyl (C=O) groups is 2. The lowest BCUT2D eigenvalue weighted by atomic mass is 9.98. The fraction of sp³-hybridized carbons (Fsp3) is 0.286. The number of hydrogen-bond acceptors (Lipinski definition) is 4. The van der Waals surface area contributed by atoms with Gasteiger partial charge in [0.05, 0.1) is 22.8 Å². The van der Waals surface area contributed by atoms with Crippen molar-refractivity contribution in [3.8, 4) is 5.75 Å². The molecule has 0 spiro atoms. The summed E-state index contributed by atoms with van der Waals surface area (Å²) in [7, 11) is 0. The second-order valence-corrected chi connectivity index (χ2v) is 7.02. The van der Waals surface area contributed by atoms with E-state index >= 15 is 0 Å². The van der Waals surface area contributed by atoms with Crippen LogP contribution in [0.4, 0.5) is 5.69 Å². The van der Waals surface area contributed by atoms with Crippen LogP contribution in [0.2, 0.25) is 0 Å². The van der Waals surface area contributed by atoms with E-state index in [1.807, 2.05) is 24.3 Å². The predicted octanol–water partition coefficient (Wildman–Crippen LogP) is 3.41. The summed E-state index contributed by atoms with van der Waals surface area (Å²) in [6.45, 7) is 4.15. The van der Waals surface area contributed by atoms with Crippen LogP contribution in [0.3, 0.4) is 0 Å². The average Bonchev–Trinajstić information content (AvgIpc) is 3.14. The van der Waals surface area contributed by atoms with Crippen molar-refractivity contribution in [2.24, 2.45) is 5.92 Å². The van der Waals surface area contributed by atoms with Crippen LogP contribution in [0.5, 0.6) is 5.75 Å². The molecule has 0 saturated carbocycles. The van der Waals surface area contributed by atoms with Gasteiger partial charge in [0.15, 0.2) is 6.61 Å². The number of anilines is 1. The van der Waals surface area contributed by atoms with Gasteiger partial charge in [-0.15, -0.1) is 0 Å². The summed E-state index contributed by atoms with van der Waals surface area (Å²) in [4.78, 5) is 32.4. The molecule has 3 N–H and O–H groups in total. The van der Waals surface area contributed by atoms with Gasteiger partial charge in [0.25, 0.3) is 11.8 Å². The van der Waals surface area contributed by atoms with E-state index in [-0.39, 0.29) is 30.4 Å². The summed E-state index contributed by atoms with van der Waals surface area (Å²) in [6, 6.07) is 12.6. The number of ether oxygens (including phenoxy) is 1. The number of para-hydroxylation sites is 2. The van der Waals surface area contributed by atoms with E-state index in [9.17, 15) is 9.59 Å². The van der Waals surface area contributed by atoms with Crippen molar-refractivity contribution in [2.75, 3.05) is 11.9 Å². The molecule has 0 radical (unpaired) electrons. The van der Waals surface area contributed by atoms with Crippen molar-refractivity contribution in [1.82, 2.24) is 15.3 Å². The third-order valence-corrected chi connectivity index (χ3v) is 5.08. The summed E-state index contributed by atoms with van der Waals surface area (Å²) < 4.78 is 5.35. The molecule has 1 aliphatic rings. The lowest BCUT2D eigenvalue weighted by molar-refractivity contribution is -0.118. The minimum Gasteiger partial charge on any atom is -0.482 e. The predicted molar refractivity (Wildman–Crippen MR) is 106 cm³/mol. The first-order chi connectivity index (χ1) is 13.5. The van der Waals surface area contributed by atoms with Crippen LogP contribution in [0.15, 0.2) is 42.5 Å². The molecule has 0 unspecified atom stereocenters. The Bertz CT molecular complexity index is 1010. The highest BCUT2D eigenvalue weighted by Gasteiger charge is 2.25. The normalized spacial score (nSPS) is 15.3. The van der Waals surface area contributed by atoms with Gasteiger partial charge in [-0.1, -0.05) is 32.4 Å². The minimum absolute atomic E-state index is 0.0132. The molecule has 0 aliphatic carbocycles. The Balaban J connectivity index is 1.61. The van der Waals surface area contributed by atoms with Crippen molar-refractivity contribution >= 4 is 28.5 Å². The van der Waals surface area contributed by atoms with Gasteiger partial charge < -0.3 is 20.4 Å². The zero-order valence-electron chi connectivity index (χ0n) is 15.8. The Morgan fingerprint density at radius 3 is 2.89 bits per heavy atom. The van der Waals surface area contributed by atoms with Crippen molar-refractivity contribution in [2.45, 2.75) is 26.3 Å². The molecule has 7 nitrogen and oxygen atoms in total. The van der Waals surface area contributed by atoms with Crippen LogP contribution in [-0.2, 0) is 4.79 Å². The van der Waals surface area contributed by atoms with Gasteiger partial charge in [-0.3, -0.25) is 9.59 Å². The first-order valence-electron chi connectivity index (χ1n) is 9.37. The van der Waals surface area contributed by atoms with Crippen LogP contribution < -0.4 is 15.4 Å². The number of amides is 2. The SMILES string of the molecule is CC[C@H](C)[C@@H](NC(=O)c1ccc2c(c1)NC(=O)CO2)c1nc2ccccc2[nH]1. The van der Waals surface area contributed by atoms with E-state index in [0.717, 1.165) is 23.3 Å². The number of fused-ring (bicyclic) bond motifs is 2. The number of H-pyrrole nitrogens is 1. The lowest BCUT2D eigenvalue weighted by Gasteiger charge is -2.23. The molecule has 0 fully saturated rings. The summed E-state index contributed by atoms with van der Waals surface area (Å²) in [6.07, 6.45) is 0.885. The molecule has 1 aromatic heterocycles. The van der Waals surface area contributed by atoms with E-state index in [1.165, 1.54) is 0 Å². The number of nitrogens with zero attached hydrogens (tertiary/aromatic N) is 1. The summed E-state index contributed by atoms with van der Waals surface area (Å²) >= 11 is 0. The smallest absolute Gasteiger partial charge is 0.262 e. The second kappa shape index (κ2) is 7.34. The number of imidazole rings is 1. The maximum Gasteiger partial charge on any atom is 0.262 e. The molecular formula is C21H22N4O3. The van der Waals surface area contributed by atoms with Gasteiger partial charge in [0.1, 0.15) is 11.6 Å². The Hall–Kier alpha value is -3.35. The van der Waals surface area contributed by atoms with Crippen molar-refractivity contribution in [3.63, 3.8) is 0 Å². The molecule has 144 valence electrons. The number of nitrogens with one attached hydrogen (secondary N) is 3. The lowest BCUT2D eigenvalue weighted by Crippen LogP contribution is -2.33. The van der Waals surface area contributed by atoms with Crippen molar-refractivity contribution < 1.29 is 14.3 Å². The molecule has 3 aromatic rings. The van der Waals surface area contributed by atoms with E-state index in [2.05, 4.69) is 34.4 Å². The fourth-order valence-corrected chi connectivity index (χ4v) is 3.28. The third kappa shape index (κ3) is 3.43. The van der Waals surface area contributed by atoms with Gasteiger partial charge in [-0.25, -0.2) is 4.98 Å². The monoisotopic (exact) mass is 378 g/mol. The highest BCUT2D eigenvalue weighted by molar-refractivity contribution is 6.00. The first-order valence-corrected chi connectivity index (χ1v) is 9.37. The largest absolute Gasteiger partial charge is 0.482 e. The van der Waals surface area contributed by atoms with Crippen LogP contribution in [0.25, 0.3) is 11.0 Å². The number of hydrogen-bond donors (Lipinski definition) is 3. The van der Waals surface area contributed by atoms with Gasteiger partial charge >= 0.3 is 0 Å². The molecule has 28 heavy (non-hydrogen) atoms. The third-order valence-electron chi connectivity index (χ3n) is 5.08. The topological polar surface area (TPSA) is 96.1 Å². The van der Waals surface area contributed by atoms with Crippen LogP contribution in [0, 0.1) is 5.92 Å². The maximum atomic E-state index is 12.9. The Morgan fingerprint density at radius 2 is 2.11 bits per heavy atom. The van der Waals surface area contributed by atoms with Crippen LogP contribution in [-0.4, -0.2) is 28.4 Å². The first kappa shape index (κ1) is 18.0. The Kier molecular flexibility index (Phi) is 4.73. The number of rotatable bonds is 5. The van der Waals surface area contributed by atoms with E-state index in [1.54, 1.807) is 18.2 Å².